The van der Waals surface area contributed by atoms with Crippen LogP contribution in [0.4, 0.5) is 5.82 Å². The zero-order valence-electron chi connectivity index (χ0n) is 17.8. The molecule has 1 aliphatic heterocycles. The average Bonchev–Trinajstić information content (AvgIpc) is 2.84. The van der Waals surface area contributed by atoms with Gasteiger partial charge in [0.15, 0.2) is 11.6 Å². The molecule has 4 rings (SSSR count). The molecule has 2 heterocycles. The molecule has 0 bridgehead atoms. The van der Waals surface area contributed by atoms with Gasteiger partial charge in [-0.2, -0.15) is 5.26 Å². The molecule has 0 aliphatic carbocycles. The number of aromatic nitrogens is 2. The molecule has 3 aromatic rings. The molecule has 6 nitrogen and oxygen atoms in total. The lowest BCUT2D eigenvalue weighted by molar-refractivity contribution is 0.249. The van der Waals surface area contributed by atoms with Crippen molar-refractivity contribution >= 4 is 17.6 Å². The number of nitriles is 1. The van der Waals surface area contributed by atoms with Gasteiger partial charge in [0.05, 0.1) is 7.11 Å². The predicted octanol–water partition coefficient (Wildman–Crippen LogP) is 4.07. The summed E-state index contributed by atoms with van der Waals surface area (Å²) in [5.74, 6) is 2.29. The van der Waals surface area contributed by atoms with Crippen LogP contribution >= 0.6 is 11.8 Å². The van der Waals surface area contributed by atoms with Crippen molar-refractivity contribution in [3.63, 3.8) is 0 Å². The second kappa shape index (κ2) is 9.82. The molecular weight excluding hydrogens is 406 g/mol. The molecule has 1 aromatic heterocycles. The molecule has 0 unspecified atom stereocenters. The van der Waals surface area contributed by atoms with E-state index >= 15 is 0 Å². The summed E-state index contributed by atoms with van der Waals surface area (Å²) < 4.78 is 5.34. The highest BCUT2D eigenvalue weighted by molar-refractivity contribution is 7.98. The Morgan fingerprint density at radius 3 is 2.48 bits per heavy atom. The van der Waals surface area contributed by atoms with Gasteiger partial charge in [-0.05, 0) is 24.0 Å². The first-order valence-corrected chi connectivity index (χ1v) is 11.5. The minimum Gasteiger partial charge on any atom is -0.497 e. The minimum atomic E-state index is 0.563. The van der Waals surface area contributed by atoms with E-state index in [0.717, 1.165) is 54.9 Å². The molecule has 0 radical (unpaired) electrons. The lowest BCUT2D eigenvalue weighted by Gasteiger charge is -2.36. The summed E-state index contributed by atoms with van der Waals surface area (Å²) in [7, 11) is 1.69. The monoisotopic (exact) mass is 431 g/mol. The molecule has 0 amide bonds. The van der Waals surface area contributed by atoms with Crippen molar-refractivity contribution in [3.05, 3.63) is 65.7 Å². The standard InChI is InChI=1S/C24H25N5OS/c1-30-20-10-6-7-18(15-20)17-28-11-13-29(14-12-28)23-21(16-25)24(31-2)27-22(26-23)19-8-4-3-5-9-19/h3-10,15H,11-14,17H2,1-2H3. The van der Waals surface area contributed by atoms with E-state index in [-0.39, 0.29) is 0 Å². The van der Waals surface area contributed by atoms with Crippen molar-refractivity contribution in [2.45, 2.75) is 11.6 Å². The maximum atomic E-state index is 9.83. The van der Waals surface area contributed by atoms with Crippen LogP contribution in [0.25, 0.3) is 11.4 Å². The Labute approximate surface area is 187 Å². The molecule has 0 spiro atoms. The Balaban J connectivity index is 1.54. The topological polar surface area (TPSA) is 65.3 Å². The third-order valence-electron chi connectivity index (χ3n) is 5.41. The first kappa shape index (κ1) is 21.2. The number of thioether (sulfide) groups is 1. The second-order valence-corrected chi connectivity index (χ2v) is 8.14. The Morgan fingerprint density at radius 1 is 1.03 bits per heavy atom. The van der Waals surface area contributed by atoms with Gasteiger partial charge in [0, 0.05) is 38.3 Å². The molecule has 1 aliphatic rings. The Kier molecular flexibility index (Phi) is 6.70. The lowest BCUT2D eigenvalue weighted by Crippen LogP contribution is -2.46. The SMILES string of the molecule is COc1cccc(CN2CCN(c3nc(-c4ccccc4)nc(SC)c3C#N)CC2)c1. The zero-order valence-corrected chi connectivity index (χ0v) is 18.6. The van der Waals surface area contributed by atoms with Gasteiger partial charge in [-0.25, -0.2) is 9.97 Å². The number of rotatable bonds is 6. The minimum absolute atomic E-state index is 0.563. The molecule has 1 saturated heterocycles. The van der Waals surface area contributed by atoms with Gasteiger partial charge in [0.1, 0.15) is 22.4 Å². The highest BCUT2D eigenvalue weighted by atomic mass is 32.2. The highest BCUT2D eigenvalue weighted by Gasteiger charge is 2.24. The molecule has 158 valence electrons. The second-order valence-electron chi connectivity index (χ2n) is 7.35. The number of hydrogen-bond donors (Lipinski definition) is 0. The van der Waals surface area contributed by atoms with Crippen LogP contribution in [0, 0.1) is 11.3 Å². The van der Waals surface area contributed by atoms with Gasteiger partial charge in [-0.15, -0.1) is 11.8 Å². The molecule has 7 heteroatoms. The quantitative estimate of drug-likeness (QED) is 0.431. The van der Waals surface area contributed by atoms with Gasteiger partial charge < -0.3 is 9.64 Å². The van der Waals surface area contributed by atoms with Gasteiger partial charge in [-0.1, -0.05) is 42.5 Å². The fourth-order valence-corrected chi connectivity index (χ4v) is 4.29. The molecule has 1 fully saturated rings. The van der Waals surface area contributed by atoms with E-state index < -0.39 is 0 Å². The van der Waals surface area contributed by atoms with Gasteiger partial charge in [0.2, 0.25) is 0 Å². The summed E-state index contributed by atoms with van der Waals surface area (Å²) in [5.41, 5.74) is 2.76. The van der Waals surface area contributed by atoms with Crippen LogP contribution in [0.3, 0.4) is 0 Å². The Bertz CT molecular complexity index is 1080. The van der Waals surface area contributed by atoms with Crippen LogP contribution in [0.15, 0.2) is 59.6 Å². The van der Waals surface area contributed by atoms with Crippen molar-refractivity contribution in [1.82, 2.24) is 14.9 Å². The third-order valence-corrected chi connectivity index (χ3v) is 6.09. The Morgan fingerprint density at radius 2 is 1.81 bits per heavy atom. The highest BCUT2D eigenvalue weighted by Crippen LogP contribution is 2.30. The van der Waals surface area contributed by atoms with E-state index in [1.54, 1.807) is 7.11 Å². The molecule has 0 atom stereocenters. The fraction of sp³-hybridized carbons (Fsp3) is 0.292. The molecule has 0 saturated carbocycles. The van der Waals surface area contributed by atoms with Crippen molar-refractivity contribution in [3.8, 4) is 23.2 Å². The van der Waals surface area contributed by atoms with E-state index in [2.05, 4.69) is 33.0 Å². The number of ether oxygens (including phenoxy) is 1. The average molecular weight is 432 g/mol. The van der Waals surface area contributed by atoms with Crippen LogP contribution < -0.4 is 9.64 Å². The number of anilines is 1. The van der Waals surface area contributed by atoms with Gasteiger partial charge in [-0.3, -0.25) is 4.90 Å². The lowest BCUT2D eigenvalue weighted by atomic mass is 10.1. The molecular formula is C24H25N5OS. The predicted molar refractivity (Wildman–Crippen MR) is 124 cm³/mol. The van der Waals surface area contributed by atoms with E-state index in [1.165, 1.54) is 17.3 Å². The van der Waals surface area contributed by atoms with E-state index in [9.17, 15) is 5.26 Å². The van der Waals surface area contributed by atoms with Crippen LogP contribution in [0.5, 0.6) is 5.75 Å². The van der Waals surface area contributed by atoms with Crippen LogP contribution in [0.2, 0.25) is 0 Å². The van der Waals surface area contributed by atoms with E-state index in [1.807, 2.05) is 48.7 Å². The number of nitrogens with zero attached hydrogens (tertiary/aromatic N) is 5. The third kappa shape index (κ3) is 4.82. The zero-order chi connectivity index (χ0) is 21.6. The van der Waals surface area contributed by atoms with Crippen molar-refractivity contribution in [2.24, 2.45) is 0 Å². The first-order valence-electron chi connectivity index (χ1n) is 10.2. The van der Waals surface area contributed by atoms with Crippen LogP contribution in [-0.2, 0) is 6.54 Å². The maximum Gasteiger partial charge on any atom is 0.162 e. The van der Waals surface area contributed by atoms with E-state index in [4.69, 9.17) is 9.72 Å². The van der Waals surface area contributed by atoms with Crippen LogP contribution in [0.1, 0.15) is 11.1 Å². The Hall–Kier alpha value is -3.08. The number of piperazine rings is 1. The summed E-state index contributed by atoms with van der Waals surface area (Å²) in [4.78, 5) is 14.1. The normalized spacial score (nSPS) is 14.3. The maximum absolute atomic E-state index is 9.83. The van der Waals surface area contributed by atoms with Gasteiger partial charge >= 0.3 is 0 Å². The fourth-order valence-electron chi connectivity index (χ4n) is 3.77. The first-order chi connectivity index (χ1) is 15.2. The van der Waals surface area contributed by atoms with Crippen molar-refractivity contribution in [2.75, 3.05) is 44.4 Å². The summed E-state index contributed by atoms with van der Waals surface area (Å²) in [6, 6.07) is 20.5. The van der Waals surface area contributed by atoms with Gasteiger partial charge in [0.25, 0.3) is 0 Å². The van der Waals surface area contributed by atoms with Crippen molar-refractivity contribution in [1.29, 1.82) is 5.26 Å². The smallest absolute Gasteiger partial charge is 0.162 e. The number of benzene rings is 2. The largest absolute Gasteiger partial charge is 0.497 e. The number of hydrogen-bond acceptors (Lipinski definition) is 7. The molecule has 0 N–H and O–H groups in total. The van der Waals surface area contributed by atoms with Crippen LogP contribution in [-0.4, -0.2) is 54.4 Å². The summed E-state index contributed by atoms with van der Waals surface area (Å²) >= 11 is 1.49. The summed E-state index contributed by atoms with van der Waals surface area (Å²) in [6.45, 7) is 4.32. The number of methoxy groups -OCH3 is 1. The molecule has 2 aromatic carbocycles. The summed E-state index contributed by atoms with van der Waals surface area (Å²) in [6.07, 6.45) is 1.95. The van der Waals surface area contributed by atoms with Crippen molar-refractivity contribution < 1.29 is 4.74 Å². The van der Waals surface area contributed by atoms with E-state index in [0.29, 0.717) is 11.4 Å². The molecule has 31 heavy (non-hydrogen) atoms. The summed E-state index contributed by atoms with van der Waals surface area (Å²) in [5, 5.41) is 10.6.